The first kappa shape index (κ1) is 32.5. The molecule has 0 bridgehead atoms. The molecule has 1 atom stereocenters. The van der Waals surface area contributed by atoms with Crippen LogP contribution in [0.4, 0.5) is 5.69 Å². The SMILES string of the molecule is CCOc1ccccc1N(CC(=O)N(Cc1cccc(OC)c1)[C@@H](Cc1ccccc1)C(=O)NC(C)(C)C)S(C)(=O)=O. The van der Waals surface area contributed by atoms with Crippen molar-refractivity contribution in [3.05, 3.63) is 90.0 Å². The van der Waals surface area contributed by atoms with Gasteiger partial charge in [0.2, 0.25) is 21.8 Å². The van der Waals surface area contributed by atoms with E-state index < -0.39 is 34.1 Å². The maximum absolute atomic E-state index is 14.3. The summed E-state index contributed by atoms with van der Waals surface area (Å²) in [5.74, 6) is 0.0497. The van der Waals surface area contributed by atoms with Gasteiger partial charge < -0.3 is 19.7 Å². The van der Waals surface area contributed by atoms with Crippen LogP contribution in [0.15, 0.2) is 78.9 Å². The van der Waals surface area contributed by atoms with E-state index in [1.807, 2.05) is 57.2 Å². The van der Waals surface area contributed by atoms with Gasteiger partial charge in [-0.25, -0.2) is 8.42 Å². The van der Waals surface area contributed by atoms with E-state index in [2.05, 4.69) is 5.32 Å². The van der Waals surface area contributed by atoms with Crippen LogP contribution in [-0.2, 0) is 32.6 Å². The Morgan fingerprint density at radius 2 is 1.57 bits per heavy atom. The molecule has 2 amide bonds. The smallest absolute Gasteiger partial charge is 0.244 e. The number of nitrogens with one attached hydrogen (secondary N) is 1. The van der Waals surface area contributed by atoms with Crippen LogP contribution in [0.3, 0.4) is 0 Å². The lowest BCUT2D eigenvalue weighted by Gasteiger charge is -2.35. The van der Waals surface area contributed by atoms with Gasteiger partial charge in [0.25, 0.3) is 0 Å². The Morgan fingerprint density at radius 1 is 0.929 bits per heavy atom. The molecule has 0 fully saturated rings. The predicted molar refractivity (Wildman–Crippen MR) is 165 cm³/mol. The lowest BCUT2D eigenvalue weighted by molar-refractivity contribution is -0.140. The van der Waals surface area contributed by atoms with Crippen LogP contribution in [0.1, 0.15) is 38.8 Å². The number of amides is 2. The van der Waals surface area contributed by atoms with E-state index in [9.17, 15) is 18.0 Å². The van der Waals surface area contributed by atoms with Crippen LogP contribution in [-0.4, -0.2) is 63.2 Å². The maximum Gasteiger partial charge on any atom is 0.244 e. The molecule has 0 unspecified atom stereocenters. The second kappa shape index (κ2) is 14.2. The Morgan fingerprint density at radius 3 is 2.19 bits per heavy atom. The second-order valence-electron chi connectivity index (χ2n) is 11.0. The summed E-state index contributed by atoms with van der Waals surface area (Å²) in [7, 11) is -2.37. The third-order valence-corrected chi connectivity index (χ3v) is 7.50. The standard InChI is InChI=1S/C32H41N3O6S/c1-7-41-29-19-12-11-18-27(29)35(42(6,38)39)23-30(36)34(22-25-16-13-17-26(20-25)40-5)28(31(37)33-32(2,3)4)21-24-14-9-8-10-15-24/h8-20,28H,7,21-23H2,1-6H3,(H,33,37)/t28-/m0/s1. The summed E-state index contributed by atoms with van der Waals surface area (Å²) in [6.07, 6.45) is 1.27. The van der Waals surface area contributed by atoms with Crippen LogP contribution in [0.5, 0.6) is 11.5 Å². The molecular formula is C32H41N3O6S. The van der Waals surface area contributed by atoms with Gasteiger partial charge in [-0.1, -0.05) is 54.6 Å². The van der Waals surface area contributed by atoms with E-state index in [1.165, 1.54) is 4.90 Å². The summed E-state index contributed by atoms with van der Waals surface area (Å²) in [5.41, 5.74) is 1.27. The molecule has 1 N–H and O–H groups in total. The van der Waals surface area contributed by atoms with Gasteiger partial charge in [0, 0.05) is 18.5 Å². The fraction of sp³-hybridized carbons (Fsp3) is 0.375. The zero-order chi connectivity index (χ0) is 30.9. The highest BCUT2D eigenvalue weighted by atomic mass is 32.2. The number of carbonyl (C=O) groups excluding carboxylic acids is 2. The van der Waals surface area contributed by atoms with Crippen molar-refractivity contribution in [1.82, 2.24) is 10.2 Å². The number of carbonyl (C=O) groups is 2. The third kappa shape index (κ3) is 9.24. The van der Waals surface area contributed by atoms with Crippen molar-refractivity contribution < 1.29 is 27.5 Å². The molecule has 0 aliphatic heterocycles. The van der Waals surface area contributed by atoms with Crippen LogP contribution in [0, 0.1) is 0 Å². The molecule has 3 rings (SSSR count). The zero-order valence-corrected chi connectivity index (χ0v) is 26.0. The number of rotatable bonds is 13. The Kier molecular flexibility index (Phi) is 11.0. The number of anilines is 1. The molecule has 0 saturated carbocycles. The molecule has 3 aromatic rings. The second-order valence-corrected chi connectivity index (χ2v) is 12.9. The first-order chi connectivity index (χ1) is 19.8. The fourth-order valence-electron chi connectivity index (χ4n) is 4.51. The highest BCUT2D eigenvalue weighted by molar-refractivity contribution is 7.92. The quantitative estimate of drug-likeness (QED) is 0.314. The molecular weight excluding hydrogens is 554 g/mol. The van der Waals surface area contributed by atoms with E-state index in [-0.39, 0.29) is 24.6 Å². The minimum atomic E-state index is -3.92. The summed E-state index contributed by atoms with van der Waals surface area (Å²) < 4.78 is 38.2. The number of para-hydroxylation sites is 2. The van der Waals surface area contributed by atoms with E-state index in [4.69, 9.17) is 9.47 Å². The number of benzene rings is 3. The zero-order valence-electron chi connectivity index (χ0n) is 25.2. The van der Waals surface area contributed by atoms with Gasteiger partial charge in [0.15, 0.2) is 0 Å². The molecule has 226 valence electrons. The molecule has 0 aliphatic carbocycles. The monoisotopic (exact) mass is 595 g/mol. The van der Waals surface area contributed by atoms with Gasteiger partial charge in [-0.05, 0) is 63.1 Å². The lowest BCUT2D eigenvalue weighted by atomic mass is 10.0. The van der Waals surface area contributed by atoms with E-state index in [1.54, 1.807) is 56.5 Å². The predicted octanol–water partition coefficient (Wildman–Crippen LogP) is 4.41. The topological polar surface area (TPSA) is 105 Å². The molecule has 10 heteroatoms. The van der Waals surface area contributed by atoms with Crippen molar-refractivity contribution in [2.75, 3.05) is 30.8 Å². The number of methoxy groups -OCH3 is 1. The average Bonchev–Trinajstić information content (AvgIpc) is 2.93. The molecule has 0 saturated heterocycles. The molecule has 0 aromatic heterocycles. The Balaban J connectivity index is 2.11. The normalized spacial score (nSPS) is 12.2. The number of nitrogens with zero attached hydrogens (tertiary/aromatic N) is 2. The summed E-state index contributed by atoms with van der Waals surface area (Å²) in [5, 5.41) is 3.01. The summed E-state index contributed by atoms with van der Waals surface area (Å²) in [4.78, 5) is 29.6. The fourth-order valence-corrected chi connectivity index (χ4v) is 5.36. The van der Waals surface area contributed by atoms with Gasteiger partial charge in [-0.15, -0.1) is 0 Å². The number of ether oxygens (including phenoxy) is 2. The van der Waals surface area contributed by atoms with Crippen molar-refractivity contribution in [2.24, 2.45) is 0 Å². The summed E-state index contributed by atoms with van der Waals surface area (Å²) in [6.45, 7) is 7.25. The summed E-state index contributed by atoms with van der Waals surface area (Å²) >= 11 is 0. The Hall–Kier alpha value is -4.05. The first-order valence-electron chi connectivity index (χ1n) is 13.8. The van der Waals surface area contributed by atoms with Crippen LogP contribution < -0.4 is 19.1 Å². The van der Waals surface area contributed by atoms with Gasteiger partial charge in [0.1, 0.15) is 24.1 Å². The molecule has 42 heavy (non-hydrogen) atoms. The molecule has 0 spiro atoms. The van der Waals surface area contributed by atoms with Crippen molar-refractivity contribution in [3.63, 3.8) is 0 Å². The van der Waals surface area contributed by atoms with Gasteiger partial charge in [0.05, 0.1) is 25.7 Å². The van der Waals surface area contributed by atoms with Gasteiger partial charge in [-0.2, -0.15) is 0 Å². The number of hydrogen-bond donors (Lipinski definition) is 1. The molecule has 3 aromatic carbocycles. The highest BCUT2D eigenvalue weighted by Crippen LogP contribution is 2.30. The maximum atomic E-state index is 14.3. The minimum absolute atomic E-state index is 0.0514. The molecule has 0 aliphatic rings. The van der Waals surface area contributed by atoms with Gasteiger partial charge in [-0.3, -0.25) is 13.9 Å². The molecule has 0 heterocycles. The molecule has 9 nitrogen and oxygen atoms in total. The number of hydrogen-bond acceptors (Lipinski definition) is 6. The largest absolute Gasteiger partial charge is 0.497 e. The number of sulfonamides is 1. The van der Waals surface area contributed by atoms with E-state index in [0.717, 1.165) is 21.7 Å². The van der Waals surface area contributed by atoms with Gasteiger partial charge >= 0.3 is 0 Å². The van der Waals surface area contributed by atoms with Crippen molar-refractivity contribution in [3.8, 4) is 11.5 Å². The first-order valence-corrected chi connectivity index (χ1v) is 15.6. The minimum Gasteiger partial charge on any atom is -0.497 e. The van der Waals surface area contributed by atoms with Crippen LogP contribution in [0.2, 0.25) is 0 Å². The molecule has 0 radical (unpaired) electrons. The highest BCUT2D eigenvalue weighted by Gasteiger charge is 2.35. The van der Waals surface area contributed by atoms with Crippen molar-refractivity contribution in [2.45, 2.75) is 52.2 Å². The Labute approximate surface area is 249 Å². The summed E-state index contributed by atoms with van der Waals surface area (Å²) in [6, 6.07) is 22.4. The van der Waals surface area contributed by atoms with E-state index >= 15 is 0 Å². The van der Waals surface area contributed by atoms with Crippen LogP contribution >= 0.6 is 0 Å². The van der Waals surface area contributed by atoms with Crippen LogP contribution in [0.25, 0.3) is 0 Å². The third-order valence-electron chi connectivity index (χ3n) is 6.37. The Bertz CT molecular complexity index is 1450. The van der Waals surface area contributed by atoms with Crippen molar-refractivity contribution in [1.29, 1.82) is 0 Å². The lowest BCUT2D eigenvalue weighted by Crippen LogP contribution is -2.56. The average molecular weight is 596 g/mol. The van der Waals surface area contributed by atoms with E-state index in [0.29, 0.717) is 18.1 Å². The van der Waals surface area contributed by atoms with Crippen molar-refractivity contribution >= 4 is 27.5 Å².